The van der Waals surface area contributed by atoms with Crippen molar-refractivity contribution < 1.29 is 4.79 Å². The summed E-state index contributed by atoms with van der Waals surface area (Å²) in [5.74, 6) is 3.10. The van der Waals surface area contributed by atoms with Gasteiger partial charge in [0.05, 0.1) is 0 Å². The fraction of sp³-hybridized carbons (Fsp3) is 0.600. The summed E-state index contributed by atoms with van der Waals surface area (Å²) < 4.78 is 0. The van der Waals surface area contributed by atoms with E-state index in [-0.39, 0.29) is 12.5 Å². The van der Waals surface area contributed by atoms with Crippen LogP contribution in [-0.4, -0.2) is 75.1 Å². The Balaban J connectivity index is 1.81. The number of nitrogens with one attached hydrogen (secondary N) is 2. The number of aliphatic imine (C=N–C) groups is 1. The highest BCUT2D eigenvalue weighted by Gasteiger charge is 2.15. The molecule has 1 atom stereocenters. The number of nitrogens with zero attached hydrogens (tertiary/aromatic N) is 3. The molecule has 0 aromatic heterocycles. The fourth-order valence-electron chi connectivity index (χ4n) is 2.82. The summed E-state index contributed by atoms with van der Waals surface area (Å²) in [6.45, 7) is 1.95. The van der Waals surface area contributed by atoms with Gasteiger partial charge in [-0.3, -0.25) is 4.79 Å². The van der Waals surface area contributed by atoms with Crippen LogP contribution in [0.2, 0.25) is 0 Å². The molecule has 27 heavy (non-hydrogen) atoms. The average molecular weight is 392 g/mol. The van der Waals surface area contributed by atoms with Gasteiger partial charge in [-0.15, -0.1) is 0 Å². The predicted octanol–water partition coefficient (Wildman–Crippen LogP) is 2.03. The summed E-state index contributed by atoms with van der Waals surface area (Å²) in [6, 6.07) is 10.8. The van der Waals surface area contributed by atoms with Crippen LogP contribution in [-0.2, 0) is 4.79 Å². The van der Waals surface area contributed by atoms with E-state index in [2.05, 4.69) is 51.8 Å². The highest BCUT2D eigenvalue weighted by atomic mass is 32.2. The highest BCUT2D eigenvalue weighted by molar-refractivity contribution is 7.99. The number of para-hydroxylation sites is 1. The first-order chi connectivity index (χ1) is 13.1. The third-order valence-electron chi connectivity index (χ3n) is 4.53. The molecule has 0 saturated carbocycles. The van der Waals surface area contributed by atoms with Gasteiger partial charge in [-0.1, -0.05) is 18.2 Å². The lowest BCUT2D eigenvalue weighted by atomic mass is 10.2. The standard InChI is InChI=1S/C20H33N5OS/c1-24(2)19(26)15-22-20(23-17-9-7-14-27-16-17)21-12-8-13-25(3)18-10-5-4-6-11-18/h4-6,10-11,17H,7-9,12-16H2,1-3H3,(H2,21,22,23). The molecule has 0 bridgehead atoms. The third-order valence-corrected chi connectivity index (χ3v) is 5.75. The molecule has 7 heteroatoms. The number of amides is 1. The van der Waals surface area contributed by atoms with Gasteiger partial charge in [0.1, 0.15) is 6.54 Å². The van der Waals surface area contributed by atoms with E-state index in [0.717, 1.165) is 37.6 Å². The quantitative estimate of drug-likeness (QED) is 0.403. The van der Waals surface area contributed by atoms with Crippen molar-refractivity contribution in [3.05, 3.63) is 30.3 Å². The van der Waals surface area contributed by atoms with Crippen LogP contribution in [0.15, 0.2) is 35.3 Å². The number of hydrogen-bond acceptors (Lipinski definition) is 4. The Bertz CT molecular complexity index is 587. The van der Waals surface area contributed by atoms with Crippen LogP contribution in [0.1, 0.15) is 19.3 Å². The zero-order valence-electron chi connectivity index (χ0n) is 16.8. The molecule has 1 aromatic carbocycles. The summed E-state index contributed by atoms with van der Waals surface area (Å²) in [5, 5.41) is 6.90. The van der Waals surface area contributed by atoms with Gasteiger partial charge >= 0.3 is 0 Å². The molecule has 0 spiro atoms. The molecule has 2 N–H and O–H groups in total. The monoisotopic (exact) mass is 391 g/mol. The molecule has 1 heterocycles. The smallest absolute Gasteiger partial charge is 0.243 e. The average Bonchev–Trinajstić information content (AvgIpc) is 2.70. The van der Waals surface area contributed by atoms with Gasteiger partial charge in [-0.25, -0.2) is 4.99 Å². The number of rotatable bonds is 8. The number of carbonyl (C=O) groups is 1. The topological polar surface area (TPSA) is 60.0 Å². The first kappa shape index (κ1) is 21.4. The van der Waals surface area contributed by atoms with Crippen LogP contribution >= 0.6 is 11.8 Å². The maximum Gasteiger partial charge on any atom is 0.243 e. The second-order valence-electron chi connectivity index (χ2n) is 7.05. The van der Waals surface area contributed by atoms with E-state index in [1.54, 1.807) is 19.0 Å². The molecule has 1 amide bonds. The summed E-state index contributed by atoms with van der Waals surface area (Å²) in [6.07, 6.45) is 3.38. The maximum absolute atomic E-state index is 11.9. The van der Waals surface area contributed by atoms with Crippen LogP contribution < -0.4 is 15.5 Å². The van der Waals surface area contributed by atoms with E-state index < -0.39 is 0 Å². The number of thioether (sulfide) groups is 1. The number of likely N-dealkylation sites (N-methyl/N-ethyl adjacent to an activating group) is 1. The first-order valence-corrected chi connectivity index (χ1v) is 10.8. The van der Waals surface area contributed by atoms with Crippen LogP contribution in [0.5, 0.6) is 0 Å². The molecule has 6 nitrogen and oxygen atoms in total. The van der Waals surface area contributed by atoms with Gasteiger partial charge in [-0.05, 0) is 37.1 Å². The Morgan fingerprint density at radius 3 is 2.70 bits per heavy atom. The fourth-order valence-corrected chi connectivity index (χ4v) is 3.90. The minimum absolute atomic E-state index is 0.0120. The van der Waals surface area contributed by atoms with Crippen molar-refractivity contribution in [1.82, 2.24) is 15.5 Å². The molecule has 1 aromatic rings. The molecule has 1 fully saturated rings. The zero-order valence-corrected chi connectivity index (χ0v) is 17.6. The van der Waals surface area contributed by atoms with Gasteiger partial charge in [0, 0.05) is 51.7 Å². The van der Waals surface area contributed by atoms with Crippen molar-refractivity contribution in [3.63, 3.8) is 0 Å². The lowest BCUT2D eigenvalue weighted by molar-refractivity contribution is -0.127. The number of hydrogen-bond donors (Lipinski definition) is 2. The Morgan fingerprint density at radius 2 is 2.04 bits per heavy atom. The van der Waals surface area contributed by atoms with Crippen LogP contribution in [0.3, 0.4) is 0 Å². The normalized spacial score (nSPS) is 17.3. The molecular weight excluding hydrogens is 358 g/mol. The van der Waals surface area contributed by atoms with E-state index in [0.29, 0.717) is 6.04 Å². The van der Waals surface area contributed by atoms with Gasteiger partial charge in [0.25, 0.3) is 0 Å². The number of benzene rings is 1. The Hall–Kier alpha value is -1.89. The molecule has 1 aliphatic rings. The Morgan fingerprint density at radius 1 is 1.26 bits per heavy atom. The largest absolute Gasteiger partial charge is 0.375 e. The van der Waals surface area contributed by atoms with Crippen molar-refractivity contribution in [3.8, 4) is 0 Å². The predicted molar refractivity (Wildman–Crippen MR) is 117 cm³/mol. The van der Waals surface area contributed by atoms with Crippen molar-refractivity contribution in [1.29, 1.82) is 0 Å². The number of anilines is 1. The van der Waals surface area contributed by atoms with Crippen molar-refractivity contribution in [2.24, 2.45) is 4.99 Å². The zero-order chi connectivity index (χ0) is 19.5. The minimum atomic E-state index is 0.0120. The molecule has 0 radical (unpaired) electrons. The van der Waals surface area contributed by atoms with Gasteiger partial charge in [0.2, 0.25) is 5.91 Å². The van der Waals surface area contributed by atoms with Gasteiger partial charge in [-0.2, -0.15) is 11.8 Å². The van der Waals surface area contributed by atoms with E-state index in [4.69, 9.17) is 0 Å². The van der Waals surface area contributed by atoms with Crippen molar-refractivity contribution >= 4 is 29.3 Å². The SMILES string of the molecule is CN(C)C(=O)CN=C(NCCCN(C)c1ccccc1)NC1CCCSC1. The first-order valence-electron chi connectivity index (χ1n) is 9.65. The van der Waals surface area contributed by atoms with Crippen LogP contribution in [0.4, 0.5) is 5.69 Å². The molecule has 2 rings (SSSR count). The van der Waals surface area contributed by atoms with Gasteiger partial charge in [0.15, 0.2) is 5.96 Å². The van der Waals surface area contributed by atoms with Crippen molar-refractivity contribution in [2.45, 2.75) is 25.3 Å². The lowest BCUT2D eigenvalue weighted by Gasteiger charge is -2.25. The van der Waals surface area contributed by atoms with Crippen molar-refractivity contribution in [2.75, 3.05) is 57.2 Å². The summed E-state index contributed by atoms with van der Waals surface area (Å²) in [5.41, 5.74) is 1.22. The lowest BCUT2D eigenvalue weighted by Crippen LogP contribution is -2.46. The van der Waals surface area contributed by atoms with Crippen LogP contribution in [0, 0.1) is 0 Å². The second kappa shape index (κ2) is 11.7. The van der Waals surface area contributed by atoms with Crippen LogP contribution in [0.25, 0.3) is 0 Å². The molecule has 1 aliphatic heterocycles. The highest BCUT2D eigenvalue weighted by Crippen LogP contribution is 2.16. The number of guanidine groups is 1. The van der Waals surface area contributed by atoms with E-state index in [1.165, 1.54) is 17.9 Å². The Kier molecular flexibility index (Phi) is 9.31. The maximum atomic E-state index is 11.9. The van der Waals surface area contributed by atoms with E-state index >= 15 is 0 Å². The molecule has 1 unspecified atom stereocenters. The summed E-state index contributed by atoms with van der Waals surface area (Å²) in [7, 11) is 5.63. The second-order valence-corrected chi connectivity index (χ2v) is 8.20. The minimum Gasteiger partial charge on any atom is -0.375 e. The molecule has 1 saturated heterocycles. The van der Waals surface area contributed by atoms with Gasteiger partial charge < -0.3 is 20.4 Å². The molecule has 150 valence electrons. The van der Waals surface area contributed by atoms with E-state index in [9.17, 15) is 4.79 Å². The van der Waals surface area contributed by atoms with E-state index in [1.807, 2.05) is 17.8 Å². The summed E-state index contributed by atoms with van der Waals surface area (Å²) >= 11 is 1.98. The number of carbonyl (C=O) groups excluding carboxylic acids is 1. The third kappa shape index (κ3) is 8.12. The Labute approximate surface area is 167 Å². The molecular formula is C20H33N5OS. The summed E-state index contributed by atoms with van der Waals surface area (Å²) in [4.78, 5) is 20.2. The molecule has 0 aliphatic carbocycles.